The smallest absolute Gasteiger partial charge is 0.207 e. The number of carbonyl (C=O) groups excluding carboxylic acids is 1. The molecular formula is C44H60N2O11V. The summed E-state index contributed by atoms with van der Waals surface area (Å²) in [5.74, 6) is 2.19. The van der Waals surface area contributed by atoms with E-state index < -0.39 is 33.9 Å². The first-order valence-electron chi connectivity index (χ1n) is 21.0. The van der Waals surface area contributed by atoms with E-state index in [1.807, 2.05) is 12.1 Å². The van der Waals surface area contributed by atoms with Crippen molar-refractivity contribution in [3.63, 3.8) is 0 Å². The monoisotopic (exact) mass is 843 g/mol. The van der Waals surface area contributed by atoms with Crippen LogP contribution in [0.15, 0.2) is 24.3 Å². The Labute approximate surface area is 353 Å². The quantitative estimate of drug-likeness (QED) is 0.357. The van der Waals surface area contributed by atoms with Crippen LogP contribution in [0.25, 0.3) is 0 Å². The SMILES string of the molecule is CC(O)CCO.COc1ccc2c3c1OC1C(=O)CCC4(O)[C@@H](C2)N(C)CC[C@]314.COc1ccc2c3c1OC1C4(CCC5(O)[C@@H](C2)N(C)CC[C@]315)OCCC(C)O4.[V]. The van der Waals surface area contributed by atoms with Gasteiger partial charge < -0.3 is 58.6 Å². The minimum absolute atomic E-state index is 0. The summed E-state index contributed by atoms with van der Waals surface area (Å²) in [5.41, 5.74) is 1.78. The van der Waals surface area contributed by atoms with Crippen LogP contribution in [-0.2, 0) is 56.5 Å². The zero-order valence-electron chi connectivity index (χ0n) is 34.7. The third-order valence-corrected chi connectivity index (χ3v) is 15.5. The van der Waals surface area contributed by atoms with Crippen molar-refractivity contribution >= 4 is 5.78 Å². The van der Waals surface area contributed by atoms with Crippen LogP contribution in [0.5, 0.6) is 23.0 Å². The summed E-state index contributed by atoms with van der Waals surface area (Å²) in [5, 5.41) is 40.5. The molecule has 2 aromatic rings. The van der Waals surface area contributed by atoms with Gasteiger partial charge in [-0.15, -0.1) is 0 Å². The summed E-state index contributed by atoms with van der Waals surface area (Å²) < 4.78 is 36.8. The Hall–Kier alpha value is -2.43. The number of ether oxygens (including phenoxy) is 6. The zero-order valence-corrected chi connectivity index (χ0v) is 36.1. The first-order valence-corrected chi connectivity index (χ1v) is 21.0. The van der Waals surface area contributed by atoms with Gasteiger partial charge in [0, 0.05) is 61.2 Å². The number of benzene rings is 2. The topological polar surface area (TPSA) is 160 Å². The molecule has 14 heteroatoms. The minimum atomic E-state index is -0.900. The van der Waals surface area contributed by atoms with Gasteiger partial charge in [0.05, 0.1) is 55.1 Å². The number of ketones is 1. The molecule has 317 valence electrons. The molecule has 7 unspecified atom stereocenters. The Morgan fingerprint density at radius 3 is 1.97 bits per heavy atom. The molecule has 4 bridgehead atoms. The van der Waals surface area contributed by atoms with Crippen molar-refractivity contribution in [3.05, 3.63) is 46.5 Å². The van der Waals surface area contributed by atoms with E-state index in [9.17, 15) is 15.0 Å². The van der Waals surface area contributed by atoms with Crippen LogP contribution >= 0.6 is 0 Å². The Bertz CT molecular complexity index is 1930. The number of Topliss-reactive ketones (excluding diaryl/α,β-unsaturated/α-hetero) is 1. The molecule has 4 N–H and O–H groups in total. The number of piperidine rings is 2. The molecule has 11 atom stereocenters. The van der Waals surface area contributed by atoms with Crippen molar-refractivity contribution < 1.29 is 72.2 Å². The standard InChI is InChI=1S/C22H29NO5.C18H21NO4.C4H10O2.V/c1-13-6-11-26-22(28-13)8-7-21(24)16-12-14-4-5-15(25-3)18-17(14)20(21,19(22)27-18)9-10-23(16)2;1-19-8-7-17-14-10-3-4-12(22-2)15(14)23-16(17)11(20)5-6-18(17,21)13(19)9-10;1-4(6)2-3-5;/h4-5,13,16,19,24H,6-12H2,1-3H3;3-4,13,16,21H,5-9H2,1-2H3;4-6H,2-3H2,1H3;/t13?,16-,19?,20+,21?,22?;13-,16?,17+,18?;;/m11../s1. The zero-order chi connectivity index (χ0) is 40.3. The van der Waals surface area contributed by atoms with Crippen molar-refractivity contribution in [1.82, 2.24) is 9.80 Å². The number of aliphatic hydroxyl groups is 4. The number of likely N-dealkylation sites (tertiary alicyclic amines) is 2. The number of methoxy groups -OCH3 is 2. The predicted octanol–water partition coefficient (Wildman–Crippen LogP) is 2.80. The van der Waals surface area contributed by atoms with Gasteiger partial charge in [-0.1, -0.05) is 12.1 Å². The van der Waals surface area contributed by atoms with Crippen molar-refractivity contribution in [1.29, 1.82) is 0 Å². The molecule has 11 rings (SSSR count). The first kappa shape index (κ1) is 42.3. The number of aliphatic hydroxyl groups excluding tert-OH is 2. The van der Waals surface area contributed by atoms with Crippen LogP contribution in [0.3, 0.4) is 0 Å². The summed E-state index contributed by atoms with van der Waals surface area (Å²) in [6.45, 7) is 6.30. The Morgan fingerprint density at radius 1 is 0.845 bits per heavy atom. The van der Waals surface area contributed by atoms with Gasteiger partial charge in [-0.2, -0.15) is 0 Å². The number of nitrogens with zero attached hydrogens (tertiary/aromatic N) is 2. The number of rotatable bonds is 4. The Balaban J connectivity index is 0.000000142. The maximum atomic E-state index is 12.7. The van der Waals surface area contributed by atoms with Gasteiger partial charge in [0.2, 0.25) is 5.79 Å². The third kappa shape index (κ3) is 5.53. The van der Waals surface area contributed by atoms with Crippen molar-refractivity contribution in [3.8, 4) is 23.0 Å². The maximum absolute atomic E-state index is 12.7. The van der Waals surface area contributed by atoms with E-state index in [2.05, 4.69) is 43.0 Å². The van der Waals surface area contributed by atoms with Crippen molar-refractivity contribution in [2.24, 2.45) is 0 Å². The van der Waals surface area contributed by atoms with Gasteiger partial charge in [-0.05, 0) is 116 Å². The van der Waals surface area contributed by atoms with E-state index in [1.54, 1.807) is 21.1 Å². The molecule has 5 heterocycles. The second-order valence-electron chi connectivity index (χ2n) is 18.2. The molecule has 1 radical (unpaired) electrons. The van der Waals surface area contributed by atoms with Crippen LogP contribution < -0.4 is 18.9 Å². The average Bonchev–Trinajstić information content (AvgIpc) is 3.74. The Morgan fingerprint density at radius 2 is 1.41 bits per heavy atom. The summed E-state index contributed by atoms with van der Waals surface area (Å²) in [4.78, 5) is 17.2. The third-order valence-electron chi connectivity index (χ3n) is 15.5. The fourth-order valence-electron chi connectivity index (χ4n) is 12.8. The van der Waals surface area contributed by atoms with Crippen LogP contribution in [0.4, 0.5) is 0 Å². The molecule has 3 saturated heterocycles. The van der Waals surface area contributed by atoms with Gasteiger partial charge >= 0.3 is 0 Å². The molecule has 4 aliphatic carbocycles. The van der Waals surface area contributed by atoms with Gasteiger partial charge in [0.15, 0.2) is 41.0 Å². The van der Waals surface area contributed by atoms with E-state index in [0.29, 0.717) is 50.2 Å². The molecule has 13 nitrogen and oxygen atoms in total. The molecule has 5 aliphatic heterocycles. The predicted molar refractivity (Wildman–Crippen MR) is 208 cm³/mol. The van der Waals surface area contributed by atoms with Crippen LogP contribution in [0, 0.1) is 0 Å². The van der Waals surface area contributed by atoms with Crippen molar-refractivity contribution in [2.45, 2.75) is 142 Å². The number of likely N-dealkylation sites (N-methyl/N-ethyl adjacent to an activating group) is 2. The molecule has 0 aromatic heterocycles. The fraction of sp³-hybridized carbons (Fsp3) is 0.705. The average molecular weight is 844 g/mol. The molecule has 9 aliphatic rings. The molecule has 0 amide bonds. The van der Waals surface area contributed by atoms with Gasteiger partial charge in [-0.3, -0.25) is 4.79 Å². The van der Waals surface area contributed by atoms with E-state index >= 15 is 0 Å². The summed E-state index contributed by atoms with van der Waals surface area (Å²) in [6, 6.07) is 8.28. The van der Waals surface area contributed by atoms with Gasteiger partial charge in [-0.25, -0.2) is 0 Å². The van der Waals surface area contributed by atoms with Crippen LogP contribution in [-0.4, -0.2) is 144 Å². The van der Waals surface area contributed by atoms with Crippen LogP contribution in [0.2, 0.25) is 0 Å². The molecule has 58 heavy (non-hydrogen) atoms. The second kappa shape index (κ2) is 14.9. The largest absolute Gasteiger partial charge is 0.493 e. The summed E-state index contributed by atoms with van der Waals surface area (Å²) in [7, 11) is 7.51. The van der Waals surface area contributed by atoms with Gasteiger partial charge in [0.25, 0.3) is 0 Å². The maximum Gasteiger partial charge on any atom is 0.207 e. The second-order valence-corrected chi connectivity index (χ2v) is 18.2. The molecule has 3 spiro atoms. The number of carbonyl (C=O) groups is 1. The first-order chi connectivity index (χ1) is 27.2. The molecule has 2 saturated carbocycles. The summed E-state index contributed by atoms with van der Waals surface area (Å²) >= 11 is 0. The normalized spacial score (nSPS) is 39.9. The van der Waals surface area contributed by atoms with E-state index in [0.717, 1.165) is 67.8 Å². The molecule has 2 aromatic carbocycles. The van der Waals surface area contributed by atoms with Crippen molar-refractivity contribution in [2.75, 3.05) is 54.6 Å². The molecule has 5 fully saturated rings. The van der Waals surface area contributed by atoms with Gasteiger partial charge in [0.1, 0.15) is 0 Å². The van der Waals surface area contributed by atoms with E-state index in [4.69, 9.17) is 38.6 Å². The van der Waals surface area contributed by atoms with E-state index in [1.165, 1.54) is 11.1 Å². The van der Waals surface area contributed by atoms with E-state index in [-0.39, 0.29) is 61.3 Å². The molecular weight excluding hydrogens is 783 g/mol. The summed E-state index contributed by atoms with van der Waals surface area (Å²) in [6.07, 6.45) is 5.65. The number of hydrogen-bond acceptors (Lipinski definition) is 13. The Kier molecular flexibility index (Phi) is 10.9. The number of fused-ring (bicyclic) bond motifs is 1. The minimum Gasteiger partial charge on any atom is -0.493 e. The van der Waals surface area contributed by atoms with Crippen LogP contribution in [0.1, 0.15) is 87.5 Å². The fourth-order valence-corrected chi connectivity index (χ4v) is 12.8. The number of hydrogen-bond donors (Lipinski definition) is 4.